The predicted molar refractivity (Wildman–Crippen MR) is 52.7 cm³/mol. The first-order chi connectivity index (χ1) is 6.69. The molecular formula is C10H10N4. The van der Waals surface area contributed by atoms with Crippen molar-refractivity contribution in [2.24, 2.45) is 5.73 Å². The minimum Gasteiger partial charge on any atom is -0.398 e. The van der Waals surface area contributed by atoms with Gasteiger partial charge in [-0.05, 0) is 23.8 Å². The van der Waals surface area contributed by atoms with Crippen LogP contribution >= 0.6 is 0 Å². The molecule has 0 aliphatic heterocycles. The molecule has 14 heavy (non-hydrogen) atoms. The summed E-state index contributed by atoms with van der Waals surface area (Å²) in [6.45, 7) is 0. The van der Waals surface area contributed by atoms with Crippen molar-refractivity contribution in [2.45, 2.75) is 12.5 Å². The molecule has 0 amide bonds. The van der Waals surface area contributed by atoms with E-state index in [1.165, 1.54) is 0 Å². The van der Waals surface area contributed by atoms with Gasteiger partial charge in [-0.1, -0.05) is 0 Å². The van der Waals surface area contributed by atoms with E-state index in [2.05, 4.69) is 0 Å². The van der Waals surface area contributed by atoms with Crippen molar-refractivity contribution in [2.75, 3.05) is 5.73 Å². The molecule has 0 saturated carbocycles. The molecule has 1 aromatic carbocycles. The monoisotopic (exact) mass is 186 g/mol. The van der Waals surface area contributed by atoms with Crippen LogP contribution in [0.1, 0.15) is 23.6 Å². The Morgan fingerprint density at radius 3 is 2.64 bits per heavy atom. The molecule has 4 heteroatoms. The van der Waals surface area contributed by atoms with Gasteiger partial charge in [0.1, 0.15) is 0 Å². The van der Waals surface area contributed by atoms with Gasteiger partial charge < -0.3 is 11.5 Å². The first-order valence-corrected chi connectivity index (χ1v) is 4.11. The van der Waals surface area contributed by atoms with E-state index in [1.807, 2.05) is 12.1 Å². The molecule has 0 aliphatic rings. The molecule has 0 bridgehead atoms. The van der Waals surface area contributed by atoms with Gasteiger partial charge in [-0.3, -0.25) is 0 Å². The van der Waals surface area contributed by atoms with Gasteiger partial charge in [0, 0.05) is 11.7 Å². The fourth-order valence-electron chi connectivity index (χ4n) is 1.17. The zero-order valence-corrected chi connectivity index (χ0v) is 7.57. The highest BCUT2D eigenvalue weighted by molar-refractivity contribution is 5.52. The zero-order valence-electron chi connectivity index (χ0n) is 7.57. The van der Waals surface area contributed by atoms with Crippen molar-refractivity contribution in [3.8, 4) is 12.1 Å². The molecule has 70 valence electrons. The smallest absolute Gasteiger partial charge is 0.0991 e. The largest absolute Gasteiger partial charge is 0.398 e. The van der Waals surface area contributed by atoms with Crippen LogP contribution < -0.4 is 11.5 Å². The summed E-state index contributed by atoms with van der Waals surface area (Å²) in [5, 5.41) is 17.1. The summed E-state index contributed by atoms with van der Waals surface area (Å²) in [4.78, 5) is 0. The molecule has 1 aromatic rings. The third kappa shape index (κ3) is 2.01. The topological polar surface area (TPSA) is 99.6 Å². The van der Waals surface area contributed by atoms with Crippen LogP contribution in [-0.4, -0.2) is 0 Å². The Bertz CT molecular complexity index is 411. The van der Waals surface area contributed by atoms with Crippen LogP contribution in [0.3, 0.4) is 0 Å². The van der Waals surface area contributed by atoms with Crippen molar-refractivity contribution in [1.29, 1.82) is 10.5 Å². The fraction of sp³-hybridized carbons (Fsp3) is 0.200. The number of rotatable bonds is 2. The molecule has 0 spiro atoms. The predicted octanol–water partition coefficient (Wildman–Crippen LogP) is 1.05. The van der Waals surface area contributed by atoms with Gasteiger partial charge in [0.15, 0.2) is 0 Å². The lowest BCUT2D eigenvalue weighted by Crippen LogP contribution is -2.11. The lowest BCUT2D eigenvalue weighted by atomic mass is 10.0. The summed E-state index contributed by atoms with van der Waals surface area (Å²) in [6, 6.07) is 8.42. The maximum Gasteiger partial charge on any atom is 0.0991 e. The van der Waals surface area contributed by atoms with Crippen molar-refractivity contribution in [3.05, 3.63) is 29.3 Å². The highest BCUT2D eigenvalue weighted by atomic mass is 14.7. The second-order valence-electron chi connectivity index (χ2n) is 2.92. The van der Waals surface area contributed by atoms with Crippen LogP contribution in [0.4, 0.5) is 5.69 Å². The Morgan fingerprint density at radius 2 is 2.07 bits per heavy atom. The maximum atomic E-state index is 8.67. The number of nitrogen functional groups attached to an aromatic ring is 1. The van der Waals surface area contributed by atoms with Crippen molar-refractivity contribution < 1.29 is 0 Å². The number of nitriles is 2. The molecular weight excluding hydrogens is 176 g/mol. The van der Waals surface area contributed by atoms with Crippen LogP contribution in [0.25, 0.3) is 0 Å². The Labute approximate surface area is 82.4 Å². The summed E-state index contributed by atoms with van der Waals surface area (Å²) in [5.41, 5.74) is 13.1. The molecule has 0 radical (unpaired) electrons. The van der Waals surface area contributed by atoms with Crippen LogP contribution in [0, 0.1) is 22.7 Å². The highest BCUT2D eigenvalue weighted by Gasteiger charge is 2.09. The molecule has 0 aliphatic carbocycles. The van der Waals surface area contributed by atoms with Gasteiger partial charge in [-0.2, -0.15) is 10.5 Å². The number of nitrogens with two attached hydrogens (primary N) is 2. The van der Waals surface area contributed by atoms with Gasteiger partial charge >= 0.3 is 0 Å². The molecule has 0 heterocycles. The molecule has 4 N–H and O–H groups in total. The number of benzene rings is 1. The average molecular weight is 186 g/mol. The van der Waals surface area contributed by atoms with Crippen LogP contribution in [0.5, 0.6) is 0 Å². The number of anilines is 1. The van der Waals surface area contributed by atoms with Gasteiger partial charge in [0.05, 0.1) is 24.1 Å². The van der Waals surface area contributed by atoms with E-state index in [-0.39, 0.29) is 6.42 Å². The number of nitrogens with zero attached hydrogens (tertiary/aromatic N) is 2. The summed E-state index contributed by atoms with van der Waals surface area (Å²) >= 11 is 0. The van der Waals surface area contributed by atoms with Crippen molar-refractivity contribution >= 4 is 5.69 Å². The van der Waals surface area contributed by atoms with Gasteiger partial charge in [0.2, 0.25) is 0 Å². The van der Waals surface area contributed by atoms with E-state index in [1.54, 1.807) is 18.2 Å². The standard InChI is InChI=1S/C10H10N4/c11-4-3-10(14)8-5-7(6-12)1-2-9(8)13/h1-2,5,10H,3,13-14H2/t10-/m1/s1. The Hall–Kier alpha value is -2.04. The second kappa shape index (κ2) is 4.27. The van der Waals surface area contributed by atoms with Crippen LogP contribution in [0.2, 0.25) is 0 Å². The Kier molecular flexibility index (Phi) is 3.06. The highest BCUT2D eigenvalue weighted by Crippen LogP contribution is 2.21. The summed E-state index contributed by atoms with van der Waals surface area (Å²) in [7, 11) is 0. The Balaban J connectivity index is 3.08. The summed E-state index contributed by atoms with van der Waals surface area (Å²) in [6.07, 6.45) is 0.194. The maximum absolute atomic E-state index is 8.67. The average Bonchev–Trinajstić information content (AvgIpc) is 2.19. The third-order valence-corrected chi connectivity index (χ3v) is 1.93. The SMILES string of the molecule is N#CC[C@@H](N)c1cc(C#N)ccc1N. The van der Waals surface area contributed by atoms with E-state index in [4.69, 9.17) is 22.0 Å². The van der Waals surface area contributed by atoms with Crippen LogP contribution in [0.15, 0.2) is 18.2 Å². The molecule has 0 unspecified atom stereocenters. The van der Waals surface area contributed by atoms with E-state index in [0.717, 1.165) is 0 Å². The normalized spacial score (nSPS) is 11.4. The fourth-order valence-corrected chi connectivity index (χ4v) is 1.17. The summed E-state index contributed by atoms with van der Waals surface area (Å²) < 4.78 is 0. The summed E-state index contributed by atoms with van der Waals surface area (Å²) in [5.74, 6) is 0. The van der Waals surface area contributed by atoms with E-state index in [0.29, 0.717) is 16.8 Å². The number of hydrogen-bond donors (Lipinski definition) is 2. The van der Waals surface area contributed by atoms with Crippen LogP contribution in [-0.2, 0) is 0 Å². The van der Waals surface area contributed by atoms with Crippen molar-refractivity contribution in [3.63, 3.8) is 0 Å². The van der Waals surface area contributed by atoms with E-state index < -0.39 is 6.04 Å². The molecule has 0 fully saturated rings. The molecule has 1 rings (SSSR count). The lowest BCUT2D eigenvalue weighted by Gasteiger charge is -2.10. The Morgan fingerprint density at radius 1 is 1.36 bits per heavy atom. The van der Waals surface area contributed by atoms with E-state index in [9.17, 15) is 0 Å². The minimum absolute atomic E-state index is 0.194. The zero-order chi connectivity index (χ0) is 10.6. The first kappa shape index (κ1) is 10.0. The lowest BCUT2D eigenvalue weighted by molar-refractivity contribution is 0.751. The van der Waals surface area contributed by atoms with Gasteiger partial charge in [-0.25, -0.2) is 0 Å². The third-order valence-electron chi connectivity index (χ3n) is 1.93. The van der Waals surface area contributed by atoms with Crippen molar-refractivity contribution in [1.82, 2.24) is 0 Å². The van der Waals surface area contributed by atoms with E-state index >= 15 is 0 Å². The second-order valence-corrected chi connectivity index (χ2v) is 2.92. The molecule has 0 aromatic heterocycles. The van der Waals surface area contributed by atoms with Gasteiger partial charge in [0.25, 0.3) is 0 Å². The quantitative estimate of drug-likeness (QED) is 0.674. The van der Waals surface area contributed by atoms with Gasteiger partial charge in [-0.15, -0.1) is 0 Å². The number of hydrogen-bond acceptors (Lipinski definition) is 4. The first-order valence-electron chi connectivity index (χ1n) is 4.11. The minimum atomic E-state index is -0.423. The molecule has 4 nitrogen and oxygen atoms in total. The molecule has 1 atom stereocenters. The molecule has 0 saturated heterocycles.